The highest BCUT2D eigenvalue weighted by atomic mass is 15.0. The van der Waals surface area contributed by atoms with Gasteiger partial charge < -0.3 is 4.57 Å². The molecule has 2 heteroatoms. The highest BCUT2D eigenvalue weighted by molar-refractivity contribution is 5.36. The molecule has 0 bridgehead atoms. The van der Waals surface area contributed by atoms with Crippen molar-refractivity contribution in [2.24, 2.45) is 0 Å². The maximum absolute atomic E-state index is 4.10. The number of aromatic nitrogens is 2. The average molecular weight is 148 g/mol. The largest absolute Gasteiger partial charge is 0.328 e. The van der Waals surface area contributed by atoms with Crippen LogP contribution in [0.2, 0.25) is 0 Å². The van der Waals surface area contributed by atoms with Crippen molar-refractivity contribution in [1.82, 2.24) is 9.55 Å². The van der Waals surface area contributed by atoms with Gasteiger partial charge in [0.2, 0.25) is 0 Å². The standard InChI is InChI=1S/C9H12N2/c1-3-5-7-11-8-6-10-9(11)4-2/h3-6,8H,2,7H2,1H3. The fourth-order valence-corrected chi connectivity index (χ4v) is 0.884. The molecule has 0 aliphatic carbocycles. The third-order valence-electron chi connectivity index (χ3n) is 1.47. The molecule has 0 aromatic carbocycles. The molecule has 2 nitrogen and oxygen atoms in total. The Balaban J connectivity index is 2.76. The fraction of sp³-hybridized carbons (Fsp3) is 0.222. The zero-order chi connectivity index (χ0) is 8.10. The van der Waals surface area contributed by atoms with Crippen LogP contribution >= 0.6 is 0 Å². The predicted octanol–water partition coefficient (Wildman–Crippen LogP) is 2.10. The lowest BCUT2D eigenvalue weighted by molar-refractivity contribution is 0.808. The first-order valence-electron chi connectivity index (χ1n) is 3.63. The summed E-state index contributed by atoms with van der Waals surface area (Å²) in [4.78, 5) is 4.10. The zero-order valence-electron chi connectivity index (χ0n) is 6.70. The second-order valence-corrected chi connectivity index (χ2v) is 2.21. The summed E-state index contributed by atoms with van der Waals surface area (Å²) in [6, 6.07) is 0. The molecule has 0 saturated carbocycles. The van der Waals surface area contributed by atoms with Crippen molar-refractivity contribution in [3.63, 3.8) is 0 Å². The van der Waals surface area contributed by atoms with Gasteiger partial charge in [-0.1, -0.05) is 18.7 Å². The Morgan fingerprint density at radius 1 is 1.73 bits per heavy atom. The summed E-state index contributed by atoms with van der Waals surface area (Å²) in [5.74, 6) is 0.920. The first kappa shape index (κ1) is 7.79. The second kappa shape index (κ2) is 3.76. The molecule has 1 heterocycles. The van der Waals surface area contributed by atoms with Crippen LogP contribution in [-0.2, 0) is 6.54 Å². The number of nitrogens with zero attached hydrogens (tertiary/aromatic N) is 2. The summed E-state index contributed by atoms with van der Waals surface area (Å²) in [6.07, 6.45) is 9.57. The van der Waals surface area contributed by atoms with Crippen LogP contribution in [0.25, 0.3) is 6.08 Å². The van der Waals surface area contributed by atoms with E-state index in [9.17, 15) is 0 Å². The minimum Gasteiger partial charge on any atom is -0.328 e. The number of rotatable bonds is 3. The topological polar surface area (TPSA) is 17.8 Å². The Kier molecular flexibility index (Phi) is 2.66. The van der Waals surface area contributed by atoms with Crippen LogP contribution in [0.3, 0.4) is 0 Å². The Labute approximate surface area is 66.9 Å². The molecule has 0 fully saturated rings. The van der Waals surface area contributed by atoms with Gasteiger partial charge >= 0.3 is 0 Å². The van der Waals surface area contributed by atoms with E-state index in [1.165, 1.54) is 0 Å². The normalized spacial score (nSPS) is 10.6. The molecule has 0 aliphatic rings. The van der Waals surface area contributed by atoms with Crippen LogP contribution in [0, 0.1) is 0 Å². The van der Waals surface area contributed by atoms with E-state index in [1.54, 1.807) is 12.3 Å². The van der Waals surface area contributed by atoms with Gasteiger partial charge in [0.1, 0.15) is 5.82 Å². The van der Waals surface area contributed by atoms with E-state index in [4.69, 9.17) is 0 Å². The van der Waals surface area contributed by atoms with Gasteiger partial charge in [-0.3, -0.25) is 0 Å². The Morgan fingerprint density at radius 2 is 2.55 bits per heavy atom. The van der Waals surface area contributed by atoms with Crippen LogP contribution in [-0.4, -0.2) is 9.55 Å². The molecule has 11 heavy (non-hydrogen) atoms. The summed E-state index contributed by atoms with van der Waals surface area (Å²) < 4.78 is 2.03. The highest BCUT2D eigenvalue weighted by Gasteiger charge is 1.93. The molecular weight excluding hydrogens is 136 g/mol. The lowest BCUT2D eigenvalue weighted by Crippen LogP contribution is -1.95. The van der Waals surface area contributed by atoms with E-state index in [0.717, 1.165) is 12.4 Å². The SMILES string of the molecule is C=Cc1nccn1CC=CC. The van der Waals surface area contributed by atoms with E-state index in [-0.39, 0.29) is 0 Å². The predicted molar refractivity (Wildman–Crippen MR) is 47.1 cm³/mol. The molecule has 0 unspecified atom stereocenters. The van der Waals surface area contributed by atoms with Gasteiger partial charge in [-0.25, -0.2) is 4.98 Å². The van der Waals surface area contributed by atoms with Crippen LogP contribution in [0.1, 0.15) is 12.7 Å². The number of hydrogen-bond acceptors (Lipinski definition) is 1. The van der Waals surface area contributed by atoms with Gasteiger partial charge in [0, 0.05) is 18.9 Å². The summed E-state index contributed by atoms with van der Waals surface area (Å²) in [6.45, 7) is 6.54. The van der Waals surface area contributed by atoms with Gasteiger partial charge in [-0.15, -0.1) is 0 Å². The van der Waals surface area contributed by atoms with E-state index in [1.807, 2.05) is 23.8 Å². The molecule has 0 spiro atoms. The lowest BCUT2D eigenvalue weighted by atomic mass is 10.5. The van der Waals surface area contributed by atoms with Crippen molar-refractivity contribution < 1.29 is 0 Å². The molecule has 0 amide bonds. The van der Waals surface area contributed by atoms with Crippen molar-refractivity contribution in [3.05, 3.63) is 36.9 Å². The van der Waals surface area contributed by atoms with E-state index < -0.39 is 0 Å². The smallest absolute Gasteiger partial charge is 0.132 e. The minimum atomic E-state index is 0.873. The van der Waals surface area contributed by atoms with Crippen molar-refractivity contribution in [2.45, 2.75) is 13.5 Å². The molecule has 0 saturated heterocycles. The minimum absolute atomic E-state index is 0.873. The van der Waals surface area contributed by atoms with Crippen molar-refractivity contribution in [3.8, 4) is 0 Å². The van der Waals surface area contributed by atoms with Crippen LogP contribution in [0.5, 0.6) is 0 Å². The van der Waals surface area contributed by atoms with Gasteiger partial charge in [-0.2, -0.15) is 0 Å². The fourth-order valence-electron chi connectivity index (χ4n) is 0.884. The molecule has 1 rings (SSSR count). The number of hydrogen-bond donors (Lipinski definition) is 0. The first-order valence-corrected chi connectivity index (χ1v) is 3.63. The quantitative estimate of drug-likeness (QED) is 0.600. The van der Waals surface area contributed by atoms with Gasteiger partial charge in [0.25, 0.3) is 0 Å². The molecule has 0 atom stereocenters. The van der Waals surface area contributed by atoms with Crippen LogP contribution < -0.4 is 0 Å². The zero-order valence-corrected chi connectivity index (χ0v) is 6.70. The van der Waals surface area contributed by atoms with Gasteiger partial charge in [0.05, 0.1) is 0 Å². The maximum atomic E-state index is 4.10. The number of imidazole rings is 1. The molecule has 0 aliphatic heterocycles. The van der Waals surface area contributed by atoms with Crippen molar-refractivity contribution in [2.75, 3.05) is 0 Å². The van der Waals surface area contributed by atoms with Crippen LogP contribution in [0.15, 0.2) is 31.1 Å². The molecule has 58 valence electrons. The maximum Gasteiger partial charge on any atom is 0.132 e. The van der Waals surface area contributed by atoms with Gasteiger partial charge in [-0.05, 0) is 13.0 Å². The summed E-state index contributed by atoms with van der Waals surface area (Å²) in [5, 5.41) is 0. The molecule has 0 radical (unpaired) electrons. The monoisotopic (exact) mass is 148 g/mol. The molecule has 1 aromatic rings. The second-order valence-electron chi connectivity index (χ2n) is 2.21. The lowest BCUT2D eigenvalue weighted by Gasteiger charge is -1.98. The average Bonchev–Trinajstić information content (AvgIpc) is 2.47. The summed E-state index contributed by atoms with van der Waals surface area (Å²) in [7, 11) is 0. The molecule has 1 aromatic heterocycles. The summed E-state index contributed by atoms with van der Waals surface area (Å²) >= 11 is 0. The van der Waals surface area contributed by atoms with E-state index >= 15 is 0 Å². The van der Waals surface area contributed by atoms with E-state index in [0.29, 0.717) is 0 Å². The Hall–Kier alpha value is -1.31. The van der Waals surface area contributed by atoms with Crippen molar-refractivity contribution >= 4 is 6.08 Å². The van der Waals surface area contributed by atoms with Crippen molar-refractivity contribution in [1.29, 1.82) is 0 Å². The van der Waals surface area contributed by atoms with Crippen LogP contribution in [0.4, 0.5) is 0 Å². The highest BCUT2D eigenvalue weighted by Crippen LogP contribution is 1.98. The third-order valence-corrected chi connectivity index (χ3v) is 1.47. The summed E-state index contributed by atoms with van der Waals surface area (Å²) in [5.41, 5.74) is 0. The van der Waals surface area contributed by atoms with Gasteiger partial charge in [0.15, 0.2) is 0 Å². The Morgan fingerprint density at radius 3 is 3.18 bits per heavy atom. The number of allylic oxidation sites excluding steroid dienone is 2. The third kappa shape index (κ3) is 1.80. The molecule has 0 N–H and O–H groups in total. The molecular formula is C9H12N2. The Bertz CT molecular complexity index is 258. The van der Waals surface area contributed by atoms with E-state index in [2.05, 4.69) is 17.6 Å². The first-order chi connectivity index (χ1) is 5.38.